The molecule has 0 bridgehead atoms. The normalized spacial score (nSPS) is 25.9. The van der Waals surface area contributed by atoms with Gasteiger partial charge in [-0.25, -0.2) is 9.18 Å². The molecular formula is C45H50FNO7. The van der Waals surface area contributed by atoms with Crippen molar-refractivity contribution in [2.75, 3.05) is 6.61 Å². The third-order valence-electron chi connectivity index (χ3n) is 11.7. The summed E-state index contributed by atoms with van der Waals surface area (Å²) in [5.74, 6) is -5.89. The van der Waals surface area contributed by atoms with Crippen LogP contribution >= 0.6 is 0 Å². The van der Waals surface area contributed by atoms with Crippen molar-refractivity contribution >= 4 is 17.9 Å². The summed E-state index contributed by atoms with van der Waals surface area (Å²) in [4.78, 5) is 43.8. The number of halogens is 1. The van der Waals surface area contributed by atoms with E-state index in [0.29, 0.717) is 22.6 Å². The van der Waals surface area contributed by atoms with Gasteiger partial charge in [-0.15, -0.1) is 0 Å². The number of rotatable bonds is 11. The zero-order valence-electron chi connectivity index (χ0n) is 31.6. The van der Waals surface area contributed by atoms with Gasteiger partial charge in [-0.3, -0.25) is 9.59 Å². The molecule has 0 amide bonds. The molecule has 7 atom stereocenters. The smallest absolute Gasteiger partial charge is 0.329 e. The molecule has 1 saturated carbocycles. The zero-order valence-corrected chi connectivity index (χ0v) is 31.6. The van der Waals surface area contributed by atoms with E-state index in [1.807, 2.05) is 78.9 Å². The second-order valence-electron chi connectivity index (χ2n) is 15.4. The lowest BCUT2D eigenvalue weighted by atomic mass is 9.64. The van der Waals surface area contributed by atoms with Gasteiger partial charge in [0, 0.05) is 11.8 Å². The molecule has 4 aromatic rings. The van der Waals surface area contributed by atoms with Crippen LogP contribution in [0.1, 0.15) is 88.2 Å². The van der Waals surface area contributed by atoms with Gasteiger partial charge in [0.25, 0.3) is 0 Å². The summed E-state index contributed by atoms with van der Waals surface area (Å²) in [7, 11) is 0. The highest BCUT2D eigenvalue weighted by Crippen LogP contribution is 2.51. The lowest BCUT2D eigenvalue weighted by Gasteiger charge is -2.45. The van der Waals surface area contributed by atoms with Crippen molar-refractivity contribution in [1.82, 2.24) is 5.06 Å². The Labute approximate surface area is 317 Å². The monoisotopic (exact) mass is 735 g/mol. The molecule has 6 rings (SSSR count). The van der Waals surface area contributed by atoms with E-state index in [0.717, 1.165) is 18.4 Å². The van der Waals surface area contributed by atoms with Crippen molar-refractivity contribution < 1.29 is 38.2 Å². The minimum absolute atomic E-state index is 0.0321. The van der Waals surface area contributed by atoms with Crippen LogP contribution in [0.25, 0.3) is 0 Å². The lowest BCUT2D eigenvalue weighted by molar-refractivity contribution is -0.217. The van der Waals surface area contributed by atoms with Crippen molar-refractivity contribution in [3.63, 3.8) is 0 Å². The van der Waals surface area contributed by atoms with Gasteiger partial charge < -0.3 is 19.4 Å². The van der Waals surface area contributed by atoms with E-state index in [1.165, 1.54) is 25.1 Å². The third kappa shape index (κ3) is 7.57. The maximum absolute atomic E-state index is 15.0. The van der Waals surface area contributed by atoms with Crippen LogP contribution < -0.4 is 0 Å². The first-order chi connectivity index (χ1) is 25.9. The van der Waals surface area contributed by atoms with Crippen LogP contribution in [-0.2, 0) is 34.0 Å². The second-order valence-corrected chi connectivity index (χ2v) is 15.4. The molecule has 4 aromatic carbocycles. The highest BCUT2D eigenvalue weighted by molar-refractivity contribution is 5.93. The Hall–Kier alpha value is -4.86. The molecule has 54 heavy (non-hydrogen) atoms. The van der Waals surface area contributed by atoms with E-state index in [-0.39, 0.29) is 24.0 Å². The molecule has 0 aromatic heterocycles. The van der Waals surface area contributed by atoms with E-state index in [9.17, 15) is 14.4 Å². The van der Waals surface area contributed by atoms with Crippen LogP contribution in [0.3, 0.4) is 0 Å². The number of carbonyl (C=O) groups excluding carboxylic acids is 3. The molecule has 2 aliphatic rings. The predicted molar refractivity (Wildman–Crippen MR) is 202 cm³/mol. The first-order valence-electron chi connectivity index (χ1n) is 18.8. The van der Waals surface area contributed by atoms with Gasteiger partial charge in [0.15, 0.2) is 11.6 Å². The van der Waals surface area contributed by atoms with Crippen LogP contribution in [0.5, 0.6) is 0 Å². The fourth-order valence-electron chi connectivity index (χ4n) is 8.67. The van der Waals surface area contributed by atoms with Gasteiger partial charge >= 0.3 is 17.9 Å². The Kier molecular flexibility index (Phi) is 11.7. The molecule has 1 aliphatic carbocycles. The standard InChI is InChI=1S/C45H50FNO7/c1-6-52-42(49)39-37(32-21-16-24-34(46)28-32)38(41(48)54-40(30-17-10-7-11-18-30)31-19-12-8-13-20-31)45(5,47(39)51)43(50)53-36-27-29(2)25-26-35(36)44(3,4)33-22-14-9-15-23-33/h7-24,28-29,35-40,51H,6,25-27H2,1-5H3/t29-,35-,36-,37+,38-,39+,45+/m1/s1. The van der Waals surface area contributed by atoms with Gasteiger partial charge in [0.2, 0.25) is 0 Å². The summed E-state index contributed by atoms with van der Waals surface area (Å²) in [5.41, 5.74) is 0.112. The average Bonchev–Trinajstić information content (AvgIpc) is 3.42. The lowest BCUT2D eigenvalue weighted by Crippen LogP contribution is -2.57. The topological polar surface area (TPSA) is 102 Å². The molecule has 2 fully saturated rings. The average molecular weight is 736 g/mol. The van der Waals surface area contributed by atoms with E-state index < -0.39 is 64.8 Å². The van der Waals surface area contributed by atoms with Gasteiger partial charge in [0.1, 0.15) is 18.0 Å². The van der Waals surface area contributed by atoms with Crippen LogP contribution in [-0.4, -0.2) is 52.5 Å². The molecule has 1 heterocycles. The molecular weight excluding hydrogens is 685 g/mol. The highest BCUT2D eigenvalue weighted by atomic mass is 19.1. The Morgan fingerprint density at radius 3 is 2.04 bits per heavy atom. The third-order valence-corrected chi connectivity index (χ3v) is 11.7. The van der Waals surface area contributed by atoms with Gasteiger partial charge in [-0.05, 0) is 72.4 Å². The summed E-state index contributed by atoms with van der Waals surface area (Å²) in [6.45, 7) is 9.39. The molecule has 8 nitrogen and oxygen atoms in total. The number of hydrogen-bond donors (Lipinski definition) is 1. The van der Waals surface area contributed by atoms with Crippen LogP contribution in [0.15, 0.2) is 115 Å². The first kappa shape index (κ1) is 38.9. The molecule has 1 saturated heterocycles. The van der Waals surface area contributed by atoms with E-state index in [4.69, 9.17) is 14.2 Å². The minimum atomic E-state index is -2.16. The predicted octanol–water partition coefficient (Wildman–Crippen LogP) is 8.58. The Morgan fingerprint density at radius 1 is 0.870 bits per heavy atom. The Balaban J connectivity index is 1.46. The molecule has 1 aliphatic heterocycles. The van der Waals surface area contributed by atoms with E-state index in [2.05, 4.69) is 32.9 Å². The second kappa shape index (κ2) is 16.2. The van der Waals surface area contributed by atoms with Crippen molar-refractivity contribution in [3.8, 4) is 0 Å². The van der Waals surface area contributed by atoms with Crippen molar-refractivity contribution in [2.24, 2.45) is 17.8 Å². The maximum Gasteiger partial charge on any atom is 0.329 e. The summed E-state index contributed by atoms with van der Waals surface area (Å²) in [6.07, 6.45) is 0.827. The van der Waals surface area contributed by atoms with Gasteiger partial charge in [0.05, 0.1) is 12.5 Å². The summed E-state index contributed by atoms with van der Waals surface area (Å²) >= 11 is 0. The van der Waals surface area contributed by atoms with Crippen molar-refractivity contribution in [2.45, 2.75) is 89.0 Å². The fraction of sp³-hybridized carbons (Fsp3) is 0.400. The number of hydrogen-bond acceptors (Lipinski definition) is 8. The highest BCUT2D eigenvalue weighted by Gasteiger charge is 2.68. The molecule has 0 unspecified atom stereocenters. The molecule has 0 radical (unpaired) electrons. The molecule has 284 valence electrons. The van der Waals surface area contributed by atoms with Crippen LogP contribution in [0, 0.1) is 23.6 Å². The molecule has 1 N–H and O–H groups in total. The van der Waals surface area contributed by atoms with Crippen LogP contribution in [0.2, 0.25) is 0 Å². The van der Waals surface area contributed by atoms with E-state index in [1.54, 1.807) is 13.0 Å². The summed E-state index contributed by atoms with van der Waals surface area (Å²) < 4.78 is 33.3. The minimum Gasteiger partial charge on any atom is -0.465 e. The zero-order chi connectivity index (χ0) is 38.6. The summed E-state index contributed by atoms with van der Waals surface area (Å²) in [5, 5.41) is 12.8. The maximum atomic E-state index is 15.0. The number of hydroxylamine groups is 2. The Bertz CT molecular complexity index is 1870. The number of esters is 3. The number of benzene rings is 4. The fourth-order valence-corrected chi connectivity index (χ4v) is 8.67. The molecule has 9 heteroatoms. The SMILES string of the molecule is CCOC(=O)[C@@H]1[C@@H](c2cccc(F)c2)[C@H](C(=O)OC(c2ccccc2)c2ccccc2)[C@@](C)(C(=O)O[C@@H]2C[C@H](C)CC[C@H]2C(C)(C)c2ccccc2)N1O. The van der Waals surface area contributed by atoms with Crippen molar-refractivity contribution in [1.29, 1.82) is 0 Å². The van der Waals surface area contributed by atoms with Gasteiger partial charge in [-0.1, -0.05) is 130 Å². The summed E-state index contributed by atoms with van der Waals surface area (Å²) in [6, 6.07) is 32.3. The first-order valence-corrected chi connectivity index (χ1v) is 18.8. The van der Waals surface area contributed by atoms with Gasteiger partial charge in [-0.2, -0.15) is 5.06 Å². The number of nitrogens with zero attached hydrogens (tertiary/aromatic N) is 1. The number of ether oxygens (including phenoxy) is 3. The quantitative estimate of drug-likeness (QED) is 0.121. The molecule has 0 spiro atoms. The van der Waals surface area contributed by atoms with Crippen molar-refractivity contribution in [3.05, 3.63) is 143 Å². The Morgan fingerprint density at radius 2 is 1.46 bits per heavy atom. The largest absolute Gasteiger partial charge is 0.465 e. The van der Waals surface area contributed by atoms with Crippen LogP contribution in [0.4, 0.5) is 4.39 Å². The van der Waals surface area contributed by atoms with E-state index >= 15 is 9.59 Å². The number of carbonyl (C=O) groups is 3.